The second-order valence-electron chi connectivity index (χ2n) is 9.33. The van der Waals surface area contributed by atoms with E-state index in [1.54, 1.807) is 54.6 Å². The normalized spacial score (nSPS) is 11.6. The smallest absolute Gasteiger partial charge is 0.264 e. The fourth-order valence-electron chi connectivity index (χ4n) is 4.35. The van der Waals surface area contributed by atoms with Crippen molar-refractivity contribution in [1.29, 1.82) is 0 Å². The molecule has 0 unspecified atom stereocenters. The number of benzene rings is 3. The van der Waals surface area contributed by atoms with Crippen LogP contribution in [-0.2, 0) is 14.8 Å². The Kier molecular flexibility index (Phi) is 9.42. The lowest BCUT2D eigenvalue weighted by Crippen LogP contribution is -2.39. The van der Waals surface area contributed by atoms with Gasteiger partial charge in [0.25, 0.3) is 15.9 Å². The lowest BCUT2D eigenvalue weighted by molar-refractivity contribution is -0.119. The third kappa shape index (κ3) is 7.11. The van der Waals surface area contributed by atoms with Crippen molar-refractivity contribution in [3.8, 4) is 11.4 Å². The molecule has 1 amide bonds. The first kappa shape index (κ1) is 30.2. The second kappa shape index (κ2) is 12.8. The van der Waals surface area contributed by atoms with Gasteiger partial charge in [0.05, 0.1) is 23.4 Å². The number of halogens is 2. The molecule has 0 bridgehead atoms. The molecule has 0 spiro atoms. The molecule has 8 nitrogen and oxygen atoms in total. The summed E-state index contributed by atoms with van der Waals surface area (Å²) in [5.74, 6) is -0.0509. The summed E-state index contributed by atoms with van der Waals surface area (Å²) in [6, 6.07) is 20.2. The molecule has 1 heterocycles. The molecule has 0 atom stereocenters. The largest absolute Gasteiger partial charge is 0.494 e. The second-order valence-corrected chi connectivity index (χ2v) is 12.1. The average molecular weight is 614 g/mol. The van der Waals surface area contributed by atoms with Crippen molar-refractivity contribution in [3.05, 3.63) is 105 Å². The van der Waals surface area contributed by atoms with E-state index in [0.717, 1.165) is 32.5 Å². The number of carbonyl (C=O) groups excluding carboxylic acids is 1. The zero-order valence-electron chi connectivity index (χ0n) is 23.1. The van der Waals surface area contributed by atoms with Crippen molar-refractivity contribution in [3.63, 3.8) is 0 Å². The molecule has 11 heteroatoms. The predicted molar refractivity (Wildman–Crippen MR) is 164 cm³/mol. The first-order valence-electron chi connectivity index (χ1n) is 12.8. The summed E-state index contributed by atoms with van der Waals surface area (Å²) in [4.78, 5) is 13.0. The van der Waals surface area contributed by atoms with Crippen molar-refractivity contribution in [1.82, 2.24) is 9.99 Å². The molecule has 0 aliphatic heterocycles. The van der Waals surface area contributed by atoms with E-state index in [9.17, 15) is 13.2 Å². The number of nitrogens with one attached hydrogen (secondary N) is 1. The summed E-state index contributed by atoms with van der Waals surface area (Å²) in [6.45, 7) is 7.57. The molecule has 214 valence electrons. The number of rotatable bonds is 10. The van der Waals surface area contributed by atoms with Gasteiger partial charge in [-0.15, -0.1) is 0 Å². The summed E-state index contributed by atoms with van der Waals surface area (Å²) >= 11 is 12.4. The molecule has 41 heavy (non-hydrogen) atoms. The van der Waals surface area contributed by atoms with Crippen LogP contribution in [0.4, 0.5) is 5.69 Å². The first-order chi connectivity index (χ1) is 19.5. The first-order valence-corrected chi connectivity index (χ1v) is 15.0. The molecule has 4 aromatic rings. The van der Waals surface area contributed by atoms with Crippen LogP contribution in [0, 0.1) is 20.8 Å². The summed E-state index contributed by atoms with van der Waals surface area (Å²) in [7, 11) is -4.08. The Bertz CT molecular complexity index is 1660. The predicted octanol–water partition coefficient (Wildman–Crippen LogP) is 6.45. The number of nitrogens with zero attached hydrogens (tertiary/aromatic N) is 3. The van der Waals surface area contributed by atoms with Gasteiger partial charge in [-0.1, -0.05) is 40.9 Å². The van der Waals surface area contributed by atoms with Gasteiger partial charge in [-0.3, -0.25) is 9.10 Å². The van der Waals surface area contributed by atoms with Crippen molar-refractivity contribution in [2.45, 2.75) is 32.6 Å². The van der Waals surface area contributed by atoms with Crippen LogP contribution in [0.5, 0.6) is 5.75 Å². The van der Waals surface area contributed by atoms with Crippen LogP contribution in [0.1, 0.15) is 29.4 Å². The van der Waals surface area contributed by atoms with Crippen LogP contribution in [0.15, 0.2) is 82.8 Å². The number of amides is 1. The van der Waals surface area contributed by atoms with E-state index < -0.39 is 22.5 Å². The van der Waals surface area contributed by atoms with Gasteiger partial charge in [-0.2, -0.15) is 5.10 Å². The van der Waals surface area contributed by atoms with Gasteiger partial charge in [-0.25, -0.2) is 13.8 Å². The van der Waals surface area contributed by atoms with Crippen LogP contribution < -0.4 is 14.5 Å². The van der Waals surface area contributed by atoms with E-state index in [4.69, 9.17) is 27.9 Å². The Balaban J connectivity index is 1.55. The molecule has 0 saturated carbocycles. The minimum atomic E-state index is -4.08. The molecule has 0 saturated heterocycles. The van der Waals surface area contributed by atoms with Crippen molar-refractivity contribution in [2.75, 3.05) is 17.5 Å². The Labute approximate surface area is 250 Å². The van der Waals surface area contributed by atoms with E-state index in [1.165, 1.54) is 18.3 Å². The maximum absolute atomic E-state index is 13.6. The number of hydrogen-bond donors (Lipinski definition) is 1. The molecule has 0 fully saturated rings. The molecular formula is C30H30Cl2N4O4S. The minimum Gasteiger partial charge on any atom is -0.494 e. The maximum Gasteiger partial charge on any atom is 0.264 e. The van der Waals surface area contributed by atoms with Crippen molar-refractivity contribution in [2.24, 2.45) is 5.10 Å². The fourth-order valence-corrected chi connectivity index (χ4v) is 6.29. The van der Waals surface area contributed by atoms with Gasteiger partial charge in [0.15, 0.2) is 0 Å². The van der Waals surface area contributed by atoms with Gasteiger partial charge in [0.1, 0.15) is 12.3 Å². The summed E-state index contributed by atoms with van der Waals surface area (Å²) in [5, 5.41) is 5.13. The quantitative estimate of drug-likeness (QED) is 0.164. The lowest BCUT2D eigenvalue weighted by atomic mass is 10.2. The van der Waals surface area contributed by atoms with E-state index in [-0.39, 0.29) is 4.90 Å². The van der Waals surface area contributed by atoms with Crippen molar-refractivity contribution >= 4 is 51.0 Å². The van der Waals surface area contributed by atoms with Crippen LogP contribution in [0.2, 0.25) is 10.0 Å². The number of aryl methyl sites for hydroxylation is 2. The van der Waals surface area contributed by atoms with Crippen LogP contribution >= 0.6 is 23.2 Å². The monoisotopic (exact) mass is 612 g/mol. The molecule has 0 aliphatic rings. The lowest BCUT2D eigenvalue weighted by Gasteiger charge is -2.24. The summed E-state index contributed by atoms with van der Waals surface area (Å²) < 4.78 is 35.7. The number of sulfonamides is 1. The fraction of sp³-hybridized carbons (Fsp3) is 0.200. The van der Waals surface area contributed by atoms with E-state index in [1.807, 2.05) is 38.3 Å². The number of aromatic nitrogens is 1. The SMILES string of the molecule is CCOc1ccc(S(=O)(=O)N(CC(=O)N/N=C\c2cc(C)n(-c3cc(Cl)cc(Cl)c3)c2C)c2ccc(C)cc2)cc1. The number of carbonyl (C=O) groups is 1. The molecular weight excluding hydrogens is 583 g/mol. The molecule has 4 rings (SSSR count). The van der Waals surface area contributed by atoms with Gasteiger partial charge < -0.3 is 9.30 Å². The highest BCUT2D eigenvalue weighted by molar-refractivity contribution is 7.92. The average Bonchev–Trinajstić information content (AvgIpc) is 3.20. The number of ether oxygens (including phenoxy) is 1. The van der Waals surface area contributed by atoms with Crippen LogP contribution in [0.3, 0.4) is 0 Å². The Morgan fingerprint density at radius 3 is 2.22 bits per heavy atom. The van der Waals surface area contributed by atoms with Crippen LogP contribution in [-0.4, -0.2) is 38.3 Å². The summed E-state index contributed by atoms with van der Waals surface area (Å²) in [5.41, 5.74) is 7.11. The number of hydrogen-bond acceptors (Lipinski definition) is 5. The van der Waals surface area contributed by atoms with Gasteiger partial charge in [0.2, 0.25) is 0 Å². The third-order valence-corrected chi connectivity index (χ3v) is 8.53. The highest BCUT2D eigenvalue weighted by atomic mass is 35.5. The molecule has 1 N–H and O–H groups in total. The van der Waals surface area contributed by atoms with Crippen LogP contribution in [0.25, 0.3) is 5.69 Å². The van der Waals surface area contributed by atoms with E-state index in [0.29, 0.717) is 28.1 Å². The number of anilines is 1. The van der Waals surface area contributed by atoms with Gasteiger partial charge >= 0.3 is 0 Å². The topological polar surface area (TPSA) is 93.0 Å². The molecule has 0 radical (unpaired) electrons. The summed E-state index contributed by atoms with van der Waals surface area (Å²) in [6.07, 6.45) is 1.51. The third-order valence-electron chi connectivity index (χ3n) is 6.30. The van der Waals surface area contributed by atoms with Gasteiger partial charge in [-0.05, 0) is 88.4 Å². The van der Waals surface area contributed by atoms with E-state index >= 15 is 0 Å². The molecule has 3 aromatic carbocycles. The standard InChI is InChI=1S/C30H30Cl2N4O4S/c1-5-40-28-10-12-29(13-11-28)41(38,39)35(26-8-6-20(2)7-9-26)19-30(37)34-33-18-23-14-21(3)36(22(23)4)27-16-24(31)15-25(32)17-27/h6-18H,5,19H2,1-4H3,(H,34,37)/b33-18-. The Morgan fingerprint density at radius 2 is 1.61 bits per heavy atom. The highest BCUT2D eigenvalue weighted by Gasteiger charge is 2.27. The molecule has 0 aliphatic carbocycles. The highest BCUT2D eigenvalue weighted by Crippen LogP contribution is 2.27. The van der Waals surface area contributed by atoms with Gasteiger partial charge in [0, 0.05) is 32.7 Å². The minimum absolute atomic E-state index is 0.0337. The van der Waals surface area contributed by atoms with E-state index in [2.05, 4.69) is 10.5 Å². The zero-order valence-corrected chi connectivity index (χ0v) is 25.4. The maximum atomic E-state index is 13.6. The molecule has 1 aromatic heterocycles. The Morgan fingerprint density at radius 1 is 0.976 bits per heavy atom. The zero-order chi connectivity index (χ0) is 29.7. The Hall–Kier alpha value is -3.79. The number of hydrazone groups is 1. The van der Waals surface area contributed by atoms with Crippen molar-refractivity contribution < 1.29 is 17.9 Å².